The van der Waals surface area contributed by atoms with Gasteiger partial charge in [0.2, 0.25) is 0 Å². The summed E-state index contributed by atoms with van der Waals surface area (Å²) < 4.78 is 14.0. The van der Waals surface area contributed by atoms with Crippen LogP contribution in [0.5, 0.6) is 0 Å². The highest BCUT2D eigenvalue weighted by molar-refractivity contribution is 5.29. The summed E-state index contributed by atoms with van der Waals surface area (Å²) in [5.74, 6) is 0.789. The van der Waals surface area contributed by atoms with Crippen LogP contribution in [0.3, 0.4) is 0 Å². The number of nitrogens with one attached hydrogen (secondary N) is 1. The molecule has 0 saturated carbocycles. The summed E-state index contributed by atoms with van der Waals surface area (Å²) in [5.41, 5.74) is 2.00. The van der Waals surface area contributed by atoms with Crippen molar-refractivity contribution in [3.63, 3.8) is 0 Å². The number of hydrogen-bond acceptors (Lipinski definition) is 1. The molecule has 1 aromatic carbocycles. The first-order valence-electron chi connectivity index (χ1n) is 6.18. The van der Waals surface area contributed by atoms with E-state index in [1.54, 1.807) is 6.07 Å². The number of hydrogen-bond donors (Lipinski definition) is 1. The summed E-state index contributed by atoms with van der Waals surface area (Å²) in [7, 11) is 0. The van der Waals surface area contributed by atoms with Gasteiger partial charge in [-0.15, -0.1) is 0 Å². The zero-order chi connectivity index (χ0) is 11.5. The second-order valence-electron chi connectivity index (χ2n) is 4.96. The van der Waals surface area contributed by atoms with Crippen molar-refractivity contribution in [3.05, 3.63) is 35.1 Å². The topological polar surface area (TPSA) is 12.0 Å². The lowest BCUT2D eigenvalue weighted by Gasteiger charge is -2.23. The molecule has 0 aromatic heterocycles. The second kappa shape index (κ2) is 4.96. The molecule has 0 aliphatic carbocycles. The summed E-state index contributed by atoms with van der Waals surface area (Å²) in [6.45, 7) is 6.21. The Bertz CT molecular complexity index is 354. The molecule has 1 aliphatic rings. The molecule has 1 N–H and O–H groups in total. The van der Waals surface area contributed by atoms with Gasteiger partial charge in [-0.1, -0.05) is 26.0 Å². The Morgan fingerprint density at radius 1 is 1.25 bits per heavy atom. The van der Waals surface area contributed by atoms with Crippen molar-refractivity contribution in [1.29, 1.82) is 0 Å². The van der Waals surface area contributed by atoms with E-state index in [4.69, 9.17) is 0 Å². The van der Waals surface area contributed by atoms with Crippen molar-refractivity contribution in [1.82, 2.24) is 5.32 Å². The molecule has 1 aliphatic heterocycles. The average Bonchev–Trinajstić information content (AvgIpc) is 2.30. The van der Waals surface area contributed by atoms with Crippen molar-refractivity contribution in [2.24, 2.45) is 0 Å². The second-order valence-corrected chi connectivity index (χ2v) is 4.96. The van der Waals surface area contributed by atoms with Gasteiger partial charge in [0, 0.05) is 0 Å². The van der Waals surface area contributed by atoms with Crippen molar-refractivity contribution >= 4 is 0 Å². The Labute approximate surface area is 97.1 Å². The van der Waals surface area contributed by atoms with E-state index in [-0.39, 0.29) is 5.82 Å². The molecular formula is C14H20FN. The first-order valence-corrected chi connectivity index (χ1v) is 6.18. The van der Waals surface area contributed by atoms with Gasteiger partial charge >= 0.3 is 0 Å². The molecular weight excluding hydrogens is 201 g/mol. The minimum atomic E-state index is -0.0156. The van der Waals surface area contributed by atoms with Crippen LogP contribution in [0, 0.1) is 5.82 Å². The van der Waals surface area contributed by atoms with Gasteiger partial charge in [-0.2, -0.15) is 0 Å². The van der Waals surface area contributed by atoms with Gasteiger partial charge in [0.25, 0.3) is 0 Å². The zero-order valence-corrected chi connectivity index (χ0v) is 10.1. The van der Waals surface area contributed by atoms with Gasteiger partial charge in [0.15, 0.2) is 0 Å². The first kappa shape index (κ1) is 11.6. The molecule has 0 bridgehead atoms. The lowest BCUT2D eigenvalue weighted by atomic mass is 9.88. The van der Waals surface area contributed by atoms with Crippen molar-refractivity contribution in [3.8, 4) is 0 Å². The number of benzene rings is 1. The van der Waals surface area contributed by atoms with E-state index in [9.17, 15) is 4.39 Å². The maximum Gasteiger partial charge on any atom is 0.126 e. The molecule has 1 fully saturated rings. The van der Waals surface area contributed by atoms with E-state index in [1.807, 2.05) is 6.07 Å². The summed E-state index contributed by atoms with van der Waals surface area (Å²) in [4.78, 5) is 0. The van der Waals surface area contributed by atoms with E-state index in [0.717, 1.165) is 37.1 Å². The van der Waals surface area contributed by atoms with Gasteiger partial charge in [0.1, 0.15) is 5.82 Å². The SMILES string of the molecule is CC(C)c1ccc(C2CCNCC2)c(F)c1. The monoisotopic (exact) mass is 221 g/mol. The number of halogens is 1. The highest BCUT2D eigenvalue weighted by atomic mass is 19.1. The molecule has 0 radical (unpaired) electrons. The van der Waals surface area contributed by atoms with E-state index in [0.29, 0.717) is 11.8 Å². The van der Waals surface area contributed by atoms with Crippen LogP contribution in [-0.4, -0.2) is 13.1 Å². The van der Waals surface area contributed by atoms with Crippen LogP contribution in [-0.2, 0) is 0 Å². The van der Waals surface area contributed by atoms with E-state index in [2.05, 4.69) is 25.2 Å². The Balaban J connectivity index is 2.21. The minimum Gasteiger partial charge on any atom is -0.317 e. The van der Waals surface area contributed by atoms with Crippen LogP contribution in [0.1, 0.15) is 49.7 Å². The van der Waals surface area contributed by atoms with Crippen molar-refractivity contribution in [2.45, 2.75) is 38.5 Å². The van der Waals surface area contributed by atoms with Crippen molar-refractivity contribution in [2.75, 3.05) is 13.1 Å². The number of rotatable bonds is 2. The lowest BCUT2D eigenvalue weighted by Crippen LogP contribution is -2.27. The number of piperidine rings is 1. The zero-order valence-electron chi connectivity index (χ0n) is 10.1. The van der Waals surface area contributed by atoms with Crippen molar-refractivity contribution < 1.29 is 4.39 Å². The fraction of sp³-hybridized carbons (Fsp3) is 0.571. The standard InChI is InChI=1S/C14H20FN/c1-10(2)12-3-4-13(14(15)9-12)11-5-7-16-8-6-11/h3-4,9-11,16H,5-8H2,1-2H3. The van der Waals surface area contributed by atoms with Gasteiger partial charge in [-0.3, -0.25) is 0 Å². The van der Waals surface area contributed by atoms with E-state index >= 15 is 0 Å². The maximum absolute atomic E-state index is 14.0. The third kappa shape index (κ3) is 2.43. The minimum absolute atomic E-state index is 0.0156. The van der Waals surface area contributed by atoms with Gasteiger partial charge < -0.3 is 5.32 Å². The van der Waals surface area contributed by atoms with E-state index < -0.39 is 0 Å². The molecule has 1 saturated heterocycles. The molecule has 2 rings (SSSR count). The fourth-order valence-corrected chi connectivity index (χ4v) is 2.37. The van der Waals surface area contributed by atoms with Crippen LogP contribution in [0.25, 0.3) is 0 Å². The molecule has 0 spiro atoms. The summed E-state index contributed by atoms with van der Waals surface area (Å²) in [5, 5.41) is 3.31. The van der Waals surface area contributed by atoms with E-state index in [1.165, 1.54) is 0 Å². The quantitative estimate of drug-likeness (QED) is 0.807. The highest BCUT2D eigenvalue weighted by Gasteiger charge is 2.18. The Morgan fingerprint density at radius 3 is 2.50 bits per heavy atom. The molecule has 2 heteroatoms. The maximum atomic E-state index is 14.0. The van der Waals surface area contributed by atoms with Gasteiger partial charge in [0.05, 0.1) is 0 Å². The molecule has 16 heavy (non-hydrogen) atoms. The normalized spacial score (nSPS) is 18.0. The predicted molar refractivity (Wildman–Crippen MR) is 65.3 cm³/mol. The Hall–Kier alpha value is -0.890. The van der Waals surface area contributed by atoms with Crippen LogP contribution in [0.15, 0.2) is 18.2 Å². The molecule has 0 amide bonds. The summed E-state index contributed by atoms with van der Waals surface area (Å²) in [6.07, 6.45) is 2.11. The Morgan fingerprint density at radius 2 is 1.94 bits per heavy atom. The summed E-state index contributed by atoms with van der Waals surface area (Å²) in [6, 6.07) is 5.77. The molecule has 0 atom stereocenters. The molecule has 1 aromatic rings. The largest absolute Gasteiger partial charge is 0.317 e. The third-order valence-electron chi connectivity index (χ3n) is 3.47. The highest BCUT2D eigenvalue weighted by Crippen LogP contribution is 2.29. The third-order valence-corrected chi connectivity index (χ3v) is 3.47. The molecule has 88 valence electrons. The predicted octanol–water partition coefficient (Wildman–Crippen LogP) is 3.42. The fourth-order valence-electron chi connectivity index (χ4n) is 2.37. The molecule has 1 nitrogen and oxygen atoms in total. The van der Waals surface area contributed by atoms with Crippen LogP contribution < -0.4 is 5.32 Å². The lowest BCUT2D eigenvalue weighted by molar-refractivity contribution is 0.444. The smallest absolute Gasteiger partial charge is 0.126 e. The molecule has 1 heterocycles. The average molecular weight is 221 g/mol. The Kier molecular flexibility index (Phi) is 3.59. The molecule has 0 unspecified atom stereocenters. The first-order chi connectivity index (χ1) is 7.68. The summed E-state index contributed by atoms with van der Waals surface area (Å²) >= 11 is 0. The van der Waals surface area contributed by atoms with Crippen LogP contribution in [0.2, 0.25) is 0 Å². The van der Waals surface area contributed by atoms with Gasteiger partial charge in [-0.05, 0) is 55.0 Å². The van der Waals surface area contributed by atoms with Gasteiger partial charge in [-0.25, -0.2) is 4.39 Å². The van der Waals surface area contributed by atoms with Crippen LogP contribution >= 0.6 is 0 Å². The van der Waals surface area contributed by atoms with Crippen LogP contribution in [0.4, 0.5) is 4.39 Å².